The summed E-state index contributed by atoms with van der Waals surface area (Å²) < 4.78 is 99.2. The number of rotatable bonds is 8. The Bertz CT molecular complexity index is 2080. The Morgan fingerprint density at radius 3 is 2.18 bits per heavy atom. The minimum absolute atomic E-state index is 0. The molecular formula is C34H36ClF5N4O4S2. The molecule has 1 atom stereocenters. The molecule has 0 bridgehead atoms. The van der Waals surface area contributed by atoms with E-state index in [1.165, 1.54) is 38.1 Å². The fourth-order valence-electron chi connectivity index (χ4n) is 5.06. The van der Waals surface area contributed by atoms with E-state index in [2.05, 4.69) is 21.9 Å². The van der Waals surface area contributed by atoms with E-state index in [0.29, 0.717) is 10.7 Å². The Morgan fingerprint density at radius 1 is 1.02 bits per heavy atom. The van der Waals surface area contributed by atoms with Crippen LogP contribution in [0, 0.1) is 23.5 Å². The van der Waals surface area contributed by atoms with E-state index in [0.717, 1.165) is 18.4 Å². The first kappa shape index (κ1) is 40.6. The van der Waals surface area contributed by atoms with Crippen LogP contribution in [0.2, 0.25) is 5.02 Å². The van der Waals surface area contributed by atoms with Gasteiger partial charge in [0.25, 0.3) is 0 Å². The summed E-state index contributed by atoms with van der Waals surface area (Å²) in [6, 6.07) is 8.66. The monoisotopic (exact) mass is 758 g/mol. The molecule has 2 N–H and O–H groups in total. The zero-order valence-corrected chi connectivity index (χ0v) is 30.5. The zero-order valence-electron chi connectivity index (χ0n) is 28.0. The van der Waals surface area contributed by atoms with Gasteiger partial charge in [-0.2, -0.15) is 31.8 Å². The van der Waals surface area contributed by atoms with Crippen molar-refractivity contribution in [3.05, 3.63) is 76.1 Å². The number of carbonyl (C=O) groups excluding carboxylic acids is 1. The van der Waals surface area contributed by atoms with Gasteiger partial charge in [-0.15, -0.1) is 0 Å². The summed E-state index contributed by atoms with van der Waals surface area (Å²) in [6.45, 7) is 6.27. The number of halogens is 6. The number of nitrogens with zero attached hydrogens (tertiary/aromatic N) is 3. The molecule has 0 amide bonds. The van der Waals surface area contributed by atoms with Crippen LogP contribution in [0.1, 0.15) is 63.9 Å². The molecule has 0 aliphatic carbocycles. The number of anilines is 1. The van der Waals surface area contributed by atoms with Gasteiger partial charge in [0.2, 0.25) is 0 Å². The predicted octanol–water partition coefficient (Wildman–Crippen LogP) is 7.52. The van der Waals surface area contributed by atoms with Gasteiger partial charge in [-0.3, -0.25) is 9.48 Å². The normalized spacial score (nSPS) is 13.0. The van der Waals surface area contributed by atoms with E-state index < -0.39 is 56.4 Å². The summed E-state index contributed by atoms with van der Waals surface area (Å²) in [5.74, 6) is 1.76. The molecule has 0 unspecified atom stereocenters. The molecule has 0 aliphatic rings. The van der Waals surface area contributed by atoms with E-state index >= 15 is 0 Å². The first-order valence-electron chi connectivity index (χ1n) is 14.9. The number of esters is 1. The summed E-state index contributed by atoms with van der Waals surface area (Å²) in [5, 5.41) is 3.98. The van der Waals surface area contributed by atoms with Crippen molar-refractivity contribution in [2.24, 2.45) is 0 Å². The zero-order chi connectivity index (χ0) is 36.7. The number of ether oxygens (including phenoxy) is 1. The van der Waals surface area contributed by atoms with Gasteiger partial charge < -0.3 is 10.5 Å². The SMILES string of the molecule is CC(C)(C)OC(=O)C[C@@H](Cc1cc(F)cc(F)c1)c1nc(C#CC(C)(C)S(C)(=O)=O)ccc1-c1ccc(Cl)c2c(N)nn(CC(F)(F)F)c12.S. The lowest BCUT2D eigenvalue weighted by Crippen LogP contribution is -2.28. The standard InChI is InChI=1S/C34H34ClF5N4O4S.H2S/c1-32(2,3)48-27(45)16-20(13-19-14-21(36)17-22(37)15-19)29-24(8-7-23(42-29)11-12-33(4,5)49(6,46)47)25-9-10-26(35)28-30(25)44(43-31(28)41)18-34(38,39)40;/h7-10,14-15,17,20H,13,16,18H2,1-6H3,(H2,41,43);1H2/t20-;/m1./s1. The van der Waals surface area contributed by atoms with Crippen LogP contribution in [0.4, 0.5) is 27.8 Å². The molecule has 0 radical (unpaired) electrons. The summed E-state index contributed by atoms with van der Waals surface area (Å²) >= 11 is 6.39. The number of nitrogens with two attached hydrogens (primary N) is 1. The van der Waals surface area contributed by atoms with Crippen molar-refractivity contribution < 1.29 is 39.9 Å². The highest BCUT2D eigenvalue weighted by Crippen LogP contribution is 2.41. The number of hydrogen-bond donors (Lipinski definition) is 1. The number of nitrogen functional groups attached to an aromatic ring is 1. The van der Waals surface area contributed by atoms with E-state index in [4.69, 9.17) is 22.1 Å². The van der Waals surface area contributed by atoms with Crippen LogP contribution in [-0.2, 0) is 32.3 Å². The minimum Gasteiger partial charge on any atom is -0.460 e. The molecule has 0 spiro atoms. The lowest BCUT2D eigenvalue weighted by atomic mass is 9.87. The molecule has 16 heteroatoms. The van der Waals surface area contributed by atoms with Crippen LogP contribution in [-0.4, -0.2) is 51.9 Å². The van der Waals surface area contributed by atoms with Crippen LogP contribution < -0.4 is 5.73 Å². The topological polar surface area (TPSA) is 117 Å². The highest BCUT2D eigenvalue weighted by molar-refractivity contribution is 7.92. The van der Waals surface area contributed by atoms with Crippen molar-refractivity contribution >= 4 is 57.6 Å². The Hall–Kier alpha value is -3.87. The fraction of sp³-hybridized carbons (Fsp3) is 0.382. The van der Waals surface area contributed by atoms with Gasteiger partial charge in [0.05, 0.1) is 28.0 Å². The van der Waals surface area contributed by atoms with Gasteiger partial charge in [0, 0.05) is 29.4 Å². The van der Waals surface area contributed by atoms with Crippen LogP contribution >= 0.6 is 25.1 Å². The minimum atomic E-state index is -4.70. The lowest BCUT2D eigenvalue weighted by molar-refractivity contribution is -0.155. The molecule has 2 aromatic heterocycles. The van der Waals surface area contributed by atoms with Crippen LogP contribution in [0.3, 0.4) is 0 Å². The van der Waals surface area contributed by atoms with E-state index in [1.54, 1.807) is 20.8 Å². The molecule has 0 aliphatic heterocycles. The summed E-state index contributed by atoms with van der Waals surface area (Å²) in [6.07, 6.45) is -4.21. The number of fused-ring (bicyclic) bond motifs is 1. The smallest absolute Gasteiger partial charge is 0.408 e. The summed E-state index contributed by atoms with van der Waals surface area (Å²) in [4.78, 5) is 18.0. The van der Waals surface area contributed by atoms with Crippen molar-refractivity contribution in [1.82, 2.24) is 14.8 Å². The third-order valence-electron chi connectivity index (χ3n) is 7.46. The summed E-state index contributed by atoms with van der Waals surface area (Å²) in [5.41, 5.74) is 5.74. The number of sulfone groups is 1. The number of carbonyl (C=O) groups is 1. The van der Waals surface area contributed by atoms with Gasteiger partial charge in [-0.25, -0.2) is 22.2 Å². The third-order valence-corrected chi connectivity index (χ3v) is 9.73. The van der Waals surface area contributed by atoms with Crippen molar-refractivity contribution in [3.63, 3.8) is 0 Å². The molecule has 4 aromatic rings. The van der Waals surface area contributed by atoms with Gasteiger partial charge in [0.1, 0.15) is 34.2 Å². The molecule has 4 rings (SSSR count). The first-order valence-corrected chi connectivity index (χ1v) is 17.1. The molecule has 2 heterocycles. The maximum absolute atomic E-state index is 14.3. The number of aromatic nitrogens is 3. The quantitative estimate of drug-likeness (QED) is 0.112. The summed E-state index contributed by atoms with van der Waals surface area (Å²) in [7, 11) is -3.64. The van der Waals surface area contributed by atoms with Crippen molar-refractivity contribution in [2.45, 2.75) is 76.4 Å². The Labute approximate surface area is 298 Å². The van der Waals surface area contributed by atoms with Crippen LogP contribution in [0.15, 0.2) is 42.5 Å². The highest BCUT2D eigenvalue weighted by atomic mass is 35.5. The molecular weight excluding hydrogens is 723 g/mol. The number of pyridine rings is 1. The Balaban J connectivity index is 0.00000676. The van der Waals surface area contributed by atoms with E-state index in [1.807, 2.05) is 0 Å². The maximum atomic E-state index is 14.3. The van der Waals surface area contributed by atoms with Gasteiger partial charge in [-0.05, 0) is 82.9 Å². The predicted molar refractivity (Wildman–Crippen MR) is 188 cm³/mol. The average molecular weight is 759 g/mol. The second-order valence-electron chi connectivity index (χ2n) is 13.1. The largest absolute Gasteiger partial charge is 0.460 e. The average Bonchev–Trinajstić information content (AvgIpc) is 3.24. The van der Waals surface area contributed by atoms with Crippen molar-refractivity contribution in [1.29, 1.82) is 0 Å². The molecule has 8 nitrogen and oxygen atoms in total. The second kappa shape index (κ2) is 14.8. The van der Waals surface area contributed by atoms with Crippen LogP contribution in [0.5, 0.6) is 0 Å². The van der Waals surface area contributed by atoms with Gasteiger partial charge in [-0.1, -0.05) is 23.6 Å². The number of benzene rings is 2. The van der Waals surface area contributed by atoms with Crippen molar-refractivity contribution in [2.75, 3.05) is 12.0 Å². The first-order chi connectivity index (χ1) is 22.4. The second-order valence-corrected chi connectivity index (χ2v) is 16.1. The van der Waals surface area contributed by atoms with E-state index in [9.17, 15) is 35.2 Å². The Kier molecular flexibility index (Phi) is 12.0. The lowest BCUT2D eigenvalue weighted by Gasteiger charge is -2.24. The van der Waals surface area contributed by atoms with Gasteiger partial charge in [0.15, 0.2) is 15.7 Å². The molecule has 2 aromatic carbocycles. The number of hydrogen-bond acceptors (Lipinski definition) is 7. The molecule has 50 heavy (non-hydrogen) atoms. The molecule has 0 saturated carbocycles. The van der Waals surface area contributed by atoms with Crippen LogP contribution in [0.25, 0.3) is 22.0 Å². The third kappa shape index (κ3) is 9.88. The molecule has 0 saturated heterocycles. The molecule has 270 valence electrons. The highest BCUT2D eigenvalue weighted by Gasteiger charge is 2.33. The van der Waals surface area contributed by atoms with Crippen molar-refractivity contribution in [3.8, 4) is 23.0 Å². The maximum Gasteiger partial charge on any atom is 0.408 e. The number of alkyl halides is 3. The molecule has 0 fully saturated rings. The van der Waals surface area contributed by atoms with E-state index in [-0.39, 0.29) is 76.2 Å². The Morgan fingerprint density at radius 2 is 1.62 bits per heavy atom. The van der Waals surface area contributed by atoms with Gasteiger partial charge >= 0.3 is 12.1 Å². The fourth-order valence-corrected chi connectivity index (χ4v) is 5.55.